The van der Waals surface area contributed by atoms with E-state index in [1.807, 2.05) is 0 Å². The molecule has 1 saturated carbocycles. The van der Waals surface area contributed by atoms with Crippen LogP contribution in [-0.2, 0) is 11.2 Å². The average Bonchev–Trinajstić information content (AvgIpc) is 3.23. The van der Waals surface area contributed by atoms with Crippen molar-refractivity contribution in [3.63, 3.8) is 0 Å². The van der Waals surface area contributed by atoms with Crippen LogP contribution in [0.25, 0.3) is 0 Å². The van der Waals surface area contributed by atoms with E-state index >= 15 is 0 Å². The summed E-state index contributed by atoms with van der Waals surface area (Å²) in [4.78, 5) is 28.4. The topological polar surface area (TPSA) is 59.2 Å². The number of H-pyrrole nitrogens is 1. The standard InChI is InChI=1S/C21H22FNO3/c1-12-19-17(23-20(12)21(25)26-16-4-2-3-5-16)10-14(11-18(19)24)13-6-8-15(22)9-7-13/h6-9,14,16,23H,2-5,10-11H2,1H3/t14-/m1/s1. The first-order valence-corrected chi connectivity index (χ1v) is 9.24. The van der Waals surface area contributed by atoms with Crippen LogP contribution in [0, 0.1) is 12.7 Å². The van der Waals surface area contributed by atoms with Gasteiger partial charge in [0, 0.05) is 17.7 Å². The van der Waals surface area contributed by atoms with Crippen molar-refractivity contribution in [1.82, 2.24) is 4.98 Å². The molecule has 0 aliphatic heterocycles. The van der Waals surface area contributed by atoms with Gasteiger partial charge in [-0.05, 0) is 68.2 Å². The highest BCUT2D eigenvalue weighted by molar-refractivity contribution is 6.03. The number of rotatable bonds is 3. The lowest BCUT2D eigenvalue weighted by Gasteiger charge is -2.22. The van der Waals surface area contributed by atoms with E-state index in [1.165, 1.54) is 12.1 Å². The number of hydrogen-bond acceptors (Lipinski definition) is 3. The van der Waals surface area contributed by atoms with E-state index in [0.717, 1.165) is 36.9 Å². The Morgan fingerprint density at radius 3 is 2.54 bits per heavy atom. The number of aromatic amines is 1. The number of ether oxygens (including phenoxy) is 1. The number of hydrogen-bond donors (Lipinski definition) is 1. The van der Waals surface area contributed by atoms with Gasteiger partial charge in [0.15, 0.2) is 5.78 Å². The van der Waals surface area contributed by atoms with Crippen LogP contribution >= 0.6 is 0 Å². The van der Waals surface area contributed by atoms with Crippen LogP contribution in [0.5, 0.6) is 0 Å². The molecule has 1 heterocycles. The third-order valence-corrected chi connectivity index (χ3v) is 5.61. The summed E-state index contributed by atoms with van der Waals surface area (Å²) >= 11 is 0. The van der Waals surface area contributed by atoms with Crippen LogP contribution in [0.4, 0.5) is 4.39 Å². The minimum Gasteiger partial charge on any atom is -0.458 e. The first-order chi connectivity index (χ1) is 12.5. The molecule has 2 aliphatic carbocycles. The molecule has 1 aromatic carbocycles. The van der Waals surface area contributed by atoms with Crippen LogP contribution in [-0.4, -0.2) is 22.8 Å². The van der Waals surface area contributed by atoms with E-state index in [-0.39, 0.29) is 29.6 Å². The Morgan fingerprint density at radius 1 is 1.15 bits per heavy atom. The van der Waals surface area contributed by atoms with Gasteiger partial charge in [-0.25, -0.2) is 9.18 Å². The van der Waals surface area contributed by atoms with Gasteiger partial charge in [0.2, 0.25) is 0 Å². The van der Waals surface area contributed by atoms with E-state index < -0.39 is 0 Å². The van der Waals surface area contributed by atoms with Gasteiger partial charge in [-0.15, -0.1) is 0 Å². The molecule has 0 unspecified atom stereocenters. The molecule has 4 nitrogen and oxygen atoms in total. The number of aromatic nitrogens is 1. The predicted octanol–water partition coefficient (Wildman–Crippen LogP) is 4.47. The zero-order chi connectivity index (χ0) is 18.3. The zero-order valence-electron chi connectivity index (χ0n) is 14.8. The van der Waals surface area contributed by atoms with E-state index in [9.17, 15) is 14.0 Å². The maximum Gasteiger partial charge on any atom is 0.355 e. The van der Waals surface area contributed by atoms with E-state index in [4.69, 9.17) is 4.74 Å². The number of carbonyl (C=O) groups is 2. The molecule has 5 heteroatoms. The van der Waals surface area contributed by atoms with Crippen molar-refractivity contribution in [3.8, 4) is 0 Å². The first-order valence-electron chi connectivity index (χ1n) is 9.24. The largest absolute Gasteiger partial charge is 0.458 e. The fraction of sp³-hybridized carbons (Fsp3) is 0.429. The molecule has 0 radical (unpaired) electrons. The fourth-order valence-electron chi connectivity index (χ4n) is 4.22. The van der Waals surface area contributed by atoms with E-state index in [2.05, 4.69) is 4.98 Å². The summed E-state index contributed by atoms with van der Waals surface area (Å²) < 4.78 is 18.7. The Bertz CT molecular complexity index is 847. The Labute approximate surface area is 151 Å². The molecule has 1 atom stereocenters. The summed E-state index contributed by atoms with van der Waals surface area (Å²) in [5.74, 6) is -0.638. The lowest BCUT2D eigenvalue weighted by molar-refractivity contribution is 0.0310. The van der Waals surface area contributed by atoms with Crippen molar-refractivity contribution in [2.24, 2.45) is 0 Å². The third-order valence-electron chi connectivity index (χ3n) is 5.61. The lowest BCUT2D eigenvalue weighted by atomic mass is 9.81. The van der Waals surface area contributed by atoms with Crippen molar-refractivity contribution in [2.45, 2.75) is 57.5 Å². The van der Waals surface area contributed by atoms with Crippen molar-refractivity contribution in [2.75, 3.05) is 0 Å². The van der Waals surface area contributed by atoms with Gasteiger partial charge in [-0.3, -0.25) is 4.79 Å². The Morgan fingerprint density at radius 2 is 1.85 bits per heavy atom. The number of fused-ring (bicyclic) bond motifs is 1. The van der Waals surface area contributed by atoms with Crippen molar-refractivity contribution in [1.29, 1.82) is 0 Å². The average molecular weight is 355 g/mol. The summed E-state index contributed by atoms with van der Waals surface area (Å²) in [5, 5.41) is 0. The van der Waals surface area contributed by atoms with Crippen molar-refractivity contribution >= 4 is 11.8 Å². The summed E-state index contributed by atoms with van der Waals surface area (Å²) in [6.45, 7) is 1.80. The van der Waals surface area contributed by atoms with Gasteiger partial charge in [0.1, 0.15) is 17.6 Å². The molecule has 1 aromatic heterocycles. The third kappa shape index (κ3) is 3.06. The number of nitrogens with one attached hydrogen (secondary N) is 1. The highest BCUT2D eigenvalue weighted by Crippen LogP contribution is 2.35. The van der Waals surface area contributed by atoms with Gasteiger partial charge in [0.25, 0.3) is 0 Å². The van der Waals surface area contributed by atoms with Crippen molar-refractivity contribution in [3.05, 3.63) is 58.2 Å². The monoisotopic (exact) mass is 355 g/mol. The fourth-order valence-corrected chi connectivity index (χ4v) is 4.22. The van der Waals surface area contributed by atoms with E-state index in [0.29, 0.717) is 29.7 Å². The number of carbonyl (C=O) groups excluding carboxylic acids is 2. The summed E-state index contributed by atoms with van der Waals surface area (Å²) in [6.07, 6.45) is 5.00. The van der Waals surface area contributed by atoms with E-state index in [1.54, 1.807) is 19.1 Å². The molecule has 0 amide bonds. The minimum absolute atomic E-state index is 0.00708. The van der Waals surface area contributed by atoms with Crippen LogP contribution in [0.15, 0.2) is 24.3 Å². The quantitative estimate of drug-likeness (QED) is 0.826. The van der Waals surface area contributed by atoms with Crippen LogP contribution in [0.1, 0.15) is 75.7 Å². The molecule has 1 fully saturated rings. The Balaban J connectivity index is 1.59. The molecule has 4 rings (SSSR count). The molecular formula is C21H22FNO3. The number of ketones is 1. The zero-order valence-corrected chi connectivity index (χ0v) is 14.8. The summed E-state index contributed by atoms with van der Waals surface area (Å²) in [7, 11) is 0. The highest BCUT2D eigenvalue weighted by Gasteiger charge is 2.33. The number of Topliss-reactive ketones (excluding diaryl/α,β-unsaturated/α-hetero) is 1. The molecule has 136 valence electrons. The highest BCUT2D eigenvalue weighted by atomic mass is 19.1. The van der Waals surface area contributed by atoms with Gasteiger partial charge >= 0.3 is 5.97 Å². The molecule has 0 bridgehead atoms. The molecule has 2 aromatic rings. The second kappa shape index (κ2) is 6.71. The number of halogens is 1. The second-order valence-corrected chi connectivity index (χ2v) is 7.37. The maximum absolute atomic E-state index is 13.2. The lowest BCUT2D eigenvalue weighted by Crippen LogP contribution is -2.18. The molecule has 26 heavy (non-hydrogen) atoms. The summed E-state index contributed by atoms with van der Waals surface area (Å²) in [6, 6.07) is 6.28. The molecule has 1 N–H and O–H groups in total. The van der Waals surface area contributed by atoms with Crippen molar-refractivity contribution < 1.29 is 18.7 Å². The number of benzene rings is 1. The predicted molar refractivity (Wildman–Crippen MR) is 95.0 cm³/mol. The van der Waals surface area contributed by atoms with Crippen LogP contribution in [0.2, 0.25) is 0 Å². The first kappa shape index (κ1) is 17.0. The van der Waals surface area contributed by atoms with Gasteiger partial charge in [-0.1, -0.05) is 12.1 Å². The van der Waals surface area contributed by atoms with Crippen LogP contribution < -0.4 is 0 Å². The maximum atomic E-state index is 13.2. The van der Waals surface area contributed by atoms with Crippen LogP contribution in [0.3, 0.4) is 0 Å². The second-order valence-electron chi connectivity index (χ2n) is 7.37. The molecular weight excluding hydrogens is 333 g/mol. The molecule has 2 aliphatic rings. The summed E-state index contributed by atoms with van der Waals surface area (Å²) in [5.41, 5.74) is 3.43. The smallest absolute Gasteiger partial charge is 0.355 e. The Kier molecular flexibility index (Phi) is 4.39. The molecule has 0 saturated heterocycles. The Hall–Kier alpha value is -2.43. The van der Waals surface area contributed by atoms with Gasteiger partial charge in [-0.2, -0.15) is 0 Å². The van der Waals surface area contributed by atoms with Gasteiger partial charge in [0.05, 0.1) is 0 Å². The SMILES string of the molecule is Cc1c(C(=O)OC2CCCC2)[nH]c2c1C(=O)C[C@H](c1ccc(F)cc1)C2. The number of esters is 1. The minimum atomic E-state index is -0.366. The van der Waals surface area contributed by atoms with Gasteiger partial charge < -0.3 is 9.72 Å². The molecule has 0 spiro atoms. The normalized spacial score (nSPS) is 20.2.